The molecule has 0 aromatic heterocycles. The van der Waals surface area contributed by atoms with Gasteiger partial charge >= 0.3 is 0 Å². The fourth-order valence-electron chi connectivity index (χ4n) is 4.37. The third kappa shape index (κ3) is 5.58. The molecule has 1 unspecified atom stereocenters. The van der Waals surface area contributed by atoms with E-state index in [1.165, 1.54) is 34.3 Å². The Bertz CT molecular complexity index is 1120. The van der Waals surface area contributed by atoms with E-state index in [4.69, 9.17) is 0 Å². The summed E-state index contributed by atoms with van der Waals surface area (Å²) in [6.07, 6.45) is 1.71. The van der Waals surface area contributed by atoms with Crippen LogP contribution in [0.25, 0.3) is 0 Å². The van der Waals surface area contributed by atoms with Crippen molar-refractivity contribution in [1.29, 1.82) is 0 Å². The van der Waals surface area contributed by atoms with Crippen molar-refractivity contribution in [2.75, 3.05) is 50.7 Å². The highest BCUT2D eigenvalue weighted by Crippen LogP contribution is 2.22. The van der Waals surface area contributed by atoms with Gasteiger partial charge in [-0.3, -0.25) is 4.90 Å². The molecule has 1 N–H and O–H groups in total. The molecule has 0 saturated carbocycles. The van der Waals surface area contributed by atoms with Gasteiger partial charge < -0.3 is 4.90 Å². The molecule has 2 fully saturated rings. The fourth-order valence-corrected chi connectivity index (χ4v) is 7.01. The number of nitrogens with one attached hydrogen (secondary N) is 1. The number of sulfonamides is 2. The zero-order chi connectivity index (χ0) is 23.5. The van der Waals surface area contributed by atoms with E-state index in [-0.39, 0.29) is 15.8 Å². The Balaban J connectivity index is 1.31. The van der Waals surface area contributed by atoms with Crippen molar-refractivity contribution >= 4 is 25.7 Å². The van der Waals surface area contributed by atoms with Crippen LogP contribution in [0.5, 0.6) is 0 Å². The maximum Gasteiger partial charge on any atom is 0.243 e. The standard InChI is InChI=1S/C23H32N4O4S2/c1-20(25-15-17-26(18-16-25)21-7-3-2-4-8-21)19-24-32(28,29)22-9-11-23(12-10-22)33(30,31)27-13-5-6-14-27/h2-4,7-12,20,24H,5-6,13-19H2,1H3. The topological polar surface area (TPSA) is 90.0 Å². The highest BCUT2D eigenvalue weighted by atomic mass is 32.2. The average molecular weight is 493 g/mol. The van der Waals surface area contributed by atoms with E-state index in [9.17, 15) is 16.8 Å². The predicted octanol–water partition coefficient (Wildman–Crippen LogP) is 1.96. The third-order valence-electron chi connectivity index (χ3n) is 6.46. The zero-order valence-corrected chi connectivity index (χ0v) is 20.6. The van der Waals surface area contributed by atoms with E-state index >= 15 is 0 Å². The maximum atomic E-state index is 12.8. The van der Waals surface area contributed by atoms with Gasteiger partial charge in [-0.25, -0.2) is 21.6 Å². The van der Waals surface area contributed by atoms with Crippen LogP contribution in [0.4, 0.5) is 5.69 Å². The molecule has 0 amide bonds. The zero-order valence-electron chi connectivity index (χ0n) is 18.9. The lowest BCUT2D eigenvalue weighted by Crippen LogP contribution is -2.52. The number of hydrogen-bond acceptors (Lipinski definition) is 6. The average Bonchev–Trinajstić information content (AvgIpc) is 3.39. The Morgan fingerprint density at radius 3 is 1.97 bits per heavy atom. The molecule has 180 valence electrons. The first-order valence-electron chi connectivity index (χ1n) is 11.4. The number of anilines is 1. The molecule has 2 aromatic carbocycles. The van der Waals surface area contributed by atoms with Crippen LogP contribution in [-0.4, -0.2) is 77.9 Å². The van der Waals surface area contributed by atoms with Crippen LogP contribution in [0.1, 0.15) is 19.8 Å². The van der Waals surface area contributed by atoms with E-state index in [1.807, 2.05) is 25.1 Å². The second-order valence-electron chi connectivity index (χ2n) is 8.64. The highest BCUT2D eigenvalue weighted by molar-refractivity contribution is 7.89. The van der Waals surface area contributed by atoms with Gasteiger partial charge in [0.2, 0.25) is 20.0 Å². The monoisotopic (exact) mass is 492 g/mol. The van der Waals surface area contributed by atoms with Gasteiger partial charge in [-0.2, -0.15) is 4.31 Å². The molecule has 1 atom stereocenters. The van der Waals surface area contributed by atoms with E-state index in [0.717, 1.165) is 39.0 Å². The van der Waals surface area contributed by atoms with Gasteiger partial charge in [-0.1, -0.05) is 18.2 Å². The van der Waals surface area contributed by atoms with Crippen molar-refractivity contribution in [1.82, 2.24) is 13.9 Å². The van der Waals surface area contributed by atoms with Gasteiger partial charge in [-0.15, -0.1) is 0 Å². The summed E-state index contributed by atoms with van der Waals surface area (Å²) in [6.45, 7) is 6.86. The van der Waals surface area contributed by atoms with Gasteiger partial charge in [0.05, 0.1) is 9.79 Å². The van der Waals surface area contributed by atoms with Crippen molar-refractivity contribution in [3.63, 3.8) is 0 Å². The summed E-state index contributed by atoms with van der Waals surface area (Å²) in [4.78, 5) is 4.83. The second-order valence-corrected chi connectivity index (χ2v) is 12.3. The fraction of sp³-hybridized carbons (Fsp3) is 0.478. The van der Waals surface area contributed by atoms with Crippen LogP contribution >= 0.6 is 0 Å². The number of piperazine rings is 1. The van der Waals surface area contributed by atoms with Crippen LogP contribution in [0.3, 0.4) is 0 Å². The van der Waals surface area contributed by atoms with Gasteiger partial charge in [-0.05, 0) is 56.2 Å². The lowest BCUT2D eigenvalue weighted by Gasteiger charge is -2.39. The predicted molar refractivity (Wildman–Crippen MR) is 129 cm³/mol. The second kappa shape index (κ2) is 10.1. The Morgan fingerprint density at radius 1 is 0.788 bits per heavy atom. The molecule has 2 aliphatic heterocycles. The minimum absolute atomic E-state index is 0.0486. The molecule has 2 saturated heterocycles. The van der Waals surface area contributed by atoms with Gasteiger partial charge in [0, 0.05) is 57.5 Å². The molecule has 0 radical (unpaired) electrons. The summed E-state index contributed by atoms with van der Waals surface area (Å²) in [6, 6.07) is 15.8. The molecule has 4 rings (SSSR count). The summed E-state index contributed by atoms with van der Waals surface area (Å²) in [7, 11) is -7.28. The quantitative estimate of drug-likeness (QED) is 0.606. The summed E-state index contributed by atoms with van der Waals surface area (Å²) < 4.78 is 55.0. The molecule has 2 heterocycles. The number of rotatable bonds is 8. The van der Waals surface area contributed by atoms with Crippen LogP contribution in [0.2, 0.25) is 0 Å². The molecular formula is C23H32N4O4S2. The van der Waals surface area contributed by atoms with Crippen molar-refractivity contribution in [2.45, 2.75) is 35.6 Å². The Morgan fingerprint density at radius 2 is 1.36 bits per heavy atom. The largest absolute Gasteiger partial charge is 0.369 e. The van der Waals surface area contributed by atoms with Gasteiger partial charge in [0.25, 0.3) is 0 Å². The molecule has 0 spiro atoms. The number of para-hydroxylation sites is 1. The first-order valence-corrected chi connectivity index (χ1v) is 14.3. The van der Waals surface area contributed by atoms with Gasteiger partial charge in [0.15, 0.2) is 0 Å². The Labute approximate surface area is 197 Å². The molecule has 8 nitrogen and oxygen atoms in total. The summed E-state index contributed by atoms with van der Waals surface area (Å²) >= 11 is 0. The van der Waals surface area contributed by atoms with Crippen LogP contribution in [-0.2, 0) is 20.0 Å². The minimum Gasteiger partial charge on any atom is -0.369 e. The molecule has 2 aromatic rings. The van der Waals surface area contributed by atoms with Crippen LogP contribution < -0.4 is 9.62 Å². The van der Waals surface area contributed by atoms with Gasteiger partial charge in [0.1, 0.15) is 0 Å². The highest BCUT2D eigenvalue weighted by Gasteiger charge is 2.28. The van der Waals surface area contributed by atoms with E-state index in [2.05, 4.69) is 26.7 Å². The minimum atomic E-state index is -3.72. The summed E-state index contributed by atoms with van der Waals surface area (Å²) in [5.74, 6) is 0. The maximum absolute atomic E-state index is 12.8. The van der Waals surface area contributed by atoms with Crippen LogP contribution in [0, 0.1) is 0 Å². The Hall–Kier alpha value is -1.98. The van der Waals surface area contributed by atoms with Crippen molar-refractivity contribution < 1.29 is 16.8 Å². The number of hydrogen-bond donors (Lipinski definition) is 1. The third-order valence-corrected chi connectivity index (χ3v) is 9.82. The molecule has 0 bridgehead atoms. The van der Waals surface area contributed by atoms with Crippen molar-refractivity contribution in [3.8, 4) is 0 Å². The first kappa shape index (κ1) is 24.2. The smallest absolute Gasteiger partial charge is 0.243 e. The lowest BCUT2D eigenvalue weighted by molar-refractivity contribution is 0.198. The van der Waals surface area contributed by atoms with Crippen molar-refractivity contribution in [3.05, 3.63) is 54.6 Å². The molecule has 0 aliphatic carbocycles. The molecular weight excluding hydrogens is 460 g/mol. The molecule has 10 heteroatoms. The summed E-state index contributed by atoms with van der Waals surface area (Å²) in [5.41, 5.74) is 1.21. The van der Waals surface area contributed by atoms with E-state index in [1.54, 1.807) is 0 Å². The van der Waals surface area contributed by atoms with E-state index < -0.39 is 20.0 Å². The number of benzene rings is 2. The SMILES string of the molecule is CC(CNS(=O)(=O)c1ccc(S(=O)(=O)N2CCCC2)cc1)N1CCN(c2ccccc2)CC1. The molecule has 2 aliphatic rings. The summed E-state index contributed by atoms with van der Waals surface area (Å²) in [5, 5.41) is 0. The first-order chi connectivity index (χ1) is 15.8. The lowest BCUT2D eigenvalue weighted by atomic mass is 10.2. The van der Waals surface area contributed by atoms with E-state index in [0.29, 0.717) is 19.6 Å². The number of nitrogens with zero attached hydrogens (tertiary/aromatic N) is 3. The molecule has 33 heavy (non-hydrogen) atoms. The van der Waals surface area contributed by atoms with Crippen molar-refractivity contribution in [2.24, 2.45) is 0 Å². The Kier molecular flexibility index (Phi) is 7.40. The van der Waals surface area contributed by atoms with Crippen LogP contribution in [0.15, 0.2) is 64.4 Å². The normalized spacial score (nSPS) is 19.6.